The van der Waals surface area contributed by atoms with E-state index in [1.165, 1.54) is 0 Å². The molecule has 0 fully saturated rings. The smallest absolute Gasteiger partial charge is 0.433 e. The summed E-state index contributed by atoms with van der Waals surface area (Å²) in [6, 6.07) is 9.51. The lowest BCUT2D eigenvalue weighted by Gasteiger charge is -2.26. The number of rotatable bonds is 3. The molecule has 124 valence electrons. The maximum absolute atomic E-state index is 12.5. The summed E-state index contributed by atoms with van der Waals surface area (Å²) in [5.74, 6) is -0.425. The number of fused-ring (bicyclic) bond motifs is 1. The molecule has 1 aromatic carbocycles. The highest BCUT2D eigenvalue weighted by atomic mass is 32.1. The molecule has 0 bridgehead atoms. The van der Waals surface area contributed by atoms with E-state index in [1.807, 2.05) is 44.2 Å². The van der Waals surface area contributed by atoms with Crippen LogP contribution in [0, 0.1) is 0 Å². The Morgan fingerprint density at radius 1 is 1.29 bits per heavy atom. The summed E-state index contributed by atoms with van der Waals surface area (Å²) in [4.78, 5) is 28.0. The standard InChI is InChI=1S/C15H15N5O3S/c1-15(2,8-6-4-3-5-7-8)18-11(21)12-17-9-10(16)19-20(14(22)23)13(9)24-12/h3-7H,1-2H3,(H2,16,19)(H,18,21)(H,22,23). The van der Waals surface area contributed by atoms with Crippen LogP contribution in [-0.4, -0.2) is 31.9 Å². The van der Waals surface area contributed by atoms with Crippen LogP contribution >= 0.6 is 11.3 Å². The third-order valence-electron chi connectivity index (χ3n) is 3.55. The van der Waals surface area contributed by atoms with Gasteiger partial charge in [0, 0.05) is 0 Å². The molecule has 0 saturated carbocycles. The van der Waals surface area contributed by atoms with Crippen LogP contribution in [0.25, 0.3) is 10.3 Å². The van der Waals surface area contributed by atoms with Gasteiger partial charge in [-0.25, -0.2) is 9.78 Å². The van der Waals surface area contributed by atoms with E-state index in [-0.39, 0.29) is 21.2 Å². The largest absolute Gasteiger partial charge is 0.463 e. The molecule has 4 N–H and O–H groups in total. The Kier molecular flexibility index (Phi) is 3.72. The van der Waals surface area contributed by atoms with Crippen LogP contribution in [-0.2, 0) is 5.54 Å². The van der Waals surface area contributed by atoms with Gasteiger partial charge >= 0.3 is 6.09 Å². The van der Waals surface area contributed by atoms with E-state index in [1.54, 1.807) is 0 Å². The van der Waals surface area contributed by atoms with E-state index in [0.29, 0.717) is 0 Å². The Bertz CT molecular complexity index is 929. The summed E-state index contributed by atoms with van der Waals surface area (Å²) in [5.41, 5.74) is 6.21. The summed E-state index contributed by atoms with van der Waals surface area (Å²) in [6.45, 7) is 3.75. The van der Waals surface area contributed by atoms with E-state index in [4.69, 9.17) is 10.8 Å². The van der Waals surface area contributed by atoms with Crippen LogP contribution in [0.3, 0.4) is 0 Å². The molecule has 2 aromatic heterocycles. The number of aromatic nitrogens is 3. The van der Waals surface area contributed by atoms with Gasteiger partial charge in [0.1, 0.15) is 5.52 Å². The van der Waals surface area contributed by atoms with Crippen LogP contribution in [0.1, 0.15) is 29.2 Å². The van der Waals surface area contributed by atoms with Crippen molar-refractivity contribution in [2.45, 2.75) is 19.4 Å². The second-order valence-electron chi connectivity index (χ2n) is 5.70. The molecule has 0 atom stereocenters. The molecule has 0 aliphatic rings. The molecule has 9 heteroatoms. The number of benzene rings is 1. The lowest BCUT2D eigenvalue weighted by atomic mass is 9.94. The normalized spacial score (nSPS) is 11.6. The number of carbonyl (C=O) groups is 2. The van der Waals surface area contributed by atoms with Crippen molar-refractivity contribution in [3.63, 3.8) is 0 Å². The monoisotopic (exact) mass is 345 g/mol. The number of amides is 1. The molecule has 2 heterocycles. The van der Waals surface area contributed by atoms with Crippen molar-refractivity contribution in [3.8, 4) is 0 Å². The van der Waals surface area contributed by atoms with Crippen molar-refractivity contribution in [1.82, 2.24) is 20.1 Å². The van der Waals surface area contributed by atoms with E-state index >= 15 is 0 Å². The molecule has 0 spiro atoms. The fourth-order valence-electron chi connectivity index (χ4n) is 2.31. The van der Waals surface area contributed by atoms with Crippen LogP contribution in [0.15, 0.2) is 30.3 Å². The first-order valence-electron chi connectivity index (χ1n) is 7.06. The van der Waals surface area contributed by atoms with Crippen molar-refractivity contribution in [3.05, 3.63) is 40.9 Å². The van der Waals surface area contributed by atoms with Crippen LogP contribution in [0.4, 0.5) is 10.6 Å². The molecule has 0 aliphatic carbocycles. The number of nitrogens with two attached hydrogens (primary N) is 1. The van der Waals surface area contributed by atoms with Gasteiger partial charge < -0.3 is 16.2 Å². The Balaban J connectivity index is 1.92. The number of nitrogen functional groups attached to an aromatic ring is 1. The van der Waals surface area contributed by atoms with Gasteiger partial charge in [0.2, 0.25) is 0 Å². The second kappa shape index (κ2) is 5.60. The summed E-state index contributed by atoms with van der Waals surface area (Å²) >= 11 is 0.934. The highest BCUT2D eigenvalue weighted by molar-refractivity contribution is 7.20. The van der Waals surface area contributed by atoms with Gasteiger partial charge in [-0.3, -0.25) is 4.79 Å². The maximum atomic E-state index is 12.5. The van der Waals surface area contributed by atoms with Crippen LogP contribution in [0.5, 0.6) is 0 Å². The molecule has 8 nitrogen and oxygen atoms in total. The van der Waals surface area contributed by atoms with Crippen molar-refractivity contribution in [2.24, 2.45) is 0 Å². The molecule has 0 radical (unpaired) electrons. The van der Waals surface area contributed by atoms with Gasteiger partial charge in [-0.2, -0.15) is 4.68 Å². The zero-order valence-electron chi connectivity index (χ0n) is 13.0. The van der Waals surface area contributed by atoms with Gasteiger partial charge in [0.05, 0.1) is 5.54 Å². The van der Waals surface area contributed by atoms with Gasteiger partial charge in [-0.1, -0.05) is 41.7 Å². The minimum absolute atomic E-state index is 0.0231. The van der Waals surface area contributed by atoms with Crippen LogP contribution < -0.4 is 11.1 Å². The Labute approximate surface area is 140 Å². The number of hydrogen-bond donors (Lipinski definition) is 3. The van der Waals surface area contributed by atoms with Gasteiger partial charge in [0.25, 0.3) is 5.91 Å². The zero-order valence-corrected chi connectivity index (χ0v) is 13.8. The van der Waals surface area contributed by atoms with Gasteiger partial charge in [-0.05, 0) is 19.4 Å². The third-order valence-corrected chi connectivity index (χ3v) is 4.58. The average molecular weight is 345 g/mol. The lowest BCUT2D eigenvalue weighted by molar-refractivity contribution is 0.0912. The second-order valence-corrected chi connectivity index (χ2v) is 6.68. The van der Waals surface area contributed by atoms with Crippen molar-refractivity contribution < 1.29 is 14.7 Å². The first-order chi connectivity index (χ1) is 11.3. The molecule has 0 saturated heterocycles. The van der Waals surface area contributed by atoms with E-state index in [9.17, 15) is 9.59 Å². The zero-order chi connectivity index (χ0) is 17.5. The molecule has 0 unspecified atom stereocenters. The number of carbonyl (C=O) groups excluding carboxylic acids is 1. The molecular weight excluding hydrogens is 330 g/mol. The number of anilines is 1. The van der Waals surface area contributed by atoms with Crippen molar-refractivity contribution >= 4 is 39.5 Å². The maximum Gasteiger partial charge on any atom is 0.433 e. The van der Waals surface area contributed by atoms with E-state index < -0.39 is 17.5 Å². The number of thiazole rings is 1. The first-order valence-corrected chi connectivity index (χ1v) is 7.87. The number of nitrogens with one attached hydrogen (secondary N) is 1. The minimum Gasteiger partial charge on any atom is -0.463 e. The average Bonchev–Trinajstić information content (AvgIpc) is 3.09. The predicted molar refractivity (Wildman–Crippen MR) is 90.2 cm³/mol. The SMILES string of the molecule is CC(C)(NC(=O)c1nc2c(N)nn(C(=O)O)c2s1)c1ccccc1. The molecule has 24 heavy (non-hydrogen) atoms. The highest BCUT2D eigenvalue weighted by Gasteiger charge is 2.27. The predicted octanol–water partition coefficient (Wildman–Crippen LogP) is 2.27. The fraction of sp³-hybridized carbons (Fsp3) is 0.200. The topological polar surface area (TPSA) is 123 Å². The summed E-state index contributed by atoms with van der Waals surface area (Å²) in [5, 5.41) is 15.8. The summed E-state index contributed by atoms with van der Waals surface area (Å²) < 4.78 is 0.724. The Morgan fingerprint density at radius 2 is 1.96 bits per heavy atom. The van der Waals surface area contributed by atoms with Gasteiger partial charge in [0.15, 0.2) is 15.7 Å². The Morgan fingerprint density at radius 3 is 2.58 bits per heavy atom. The van der Waals surface area contributed by atoms with Gasteiger partial charge in [-0.15, -0.1) is 5.10 Å². The molecule has 0 aliphatic heterocycles. The van der Waals surface area contributed by atoms with Crippen LogP contribution in [0.2, 0.25) is 0 Å². The lowest BCUT2D eigenvalue weighted by Crippen LogP contribution is -2.40. The molecule has 1 amide bonds. The number of carboxylic acid groups (broad SMARTS) is 1. The highest BCUT2D eigenvalue weighted by Crippen LogP contribution is 2.27. The number of hydrogen-bond acceptors (Lipinski definition) is 6. The molecule has 3 rings (SSSR count). The third kappa shape index (κ3) is 2.69. The van der Waals surface area contributed by atoms with Crippen molar-refractivity contribution in [1.29, 1.82) is 0 Å². The first kappa shape index (κ1) is 15.9. The van der Waals surface area contributed by atoms with Crippen molar-refractivity contribution in [2.75, 3.05) is 5.73 Å². The van der Waals surface area contributed by atoms with E-state index in [2.05, 4.69) is 15.4 Å². The fourth-order valence-corrected chi connectivity index (χ4v) is 3.23. The summed E-state index contributed by atoms with van der Waals surface area (Å²) in [7, 11) is 0. The van der Waals surface area contributed by atoms with E-state index in [0.717, 1.165) is 21.6 Å². The Hall–Kier alpha value is -2.94. The summed E-state index contributed by atoms with van der Waals surface area (Å²) in [6.07, 6.45) is -1.28. The number of nitrogens with zero attached hydrogens (tertiary/aromatic N) is 3. The molecule has 3 aromatic rings. The molecular formula is C15H15N5O3S. The quantitative estimate of drug-likeness (QED) is 0.669. The minimum atomic E-state index is -1.28.